The lowest BCUT2D eigenvalue weighted by Crippen LogP contribution is -2.36. The third-order valence-electron chi connectivity index (χ3n) is 5.27. The van der Waals surface area contributed by atoms with E-state index in [-0.39, 0.29) is 35.1 Å². The Bertz CT molecular complexity index is 1050. The zero-order valence-corrected chi connectivity index (χ0v) is 18.4. The molecule has 3 atom stereocenters. The number of nitriles is 1. The predicted octanol–water partition coefficient (Wildman–Crippen LogP) is 2.71. The molecule has 1 aliphatic heterocycles. The Kier molecular flexibility index (Phi) is 7.58. The lowest BCUT2D eigenvalue weighted by atomic mass is 10.1. The van der Waals surface area contributed by atoms with E-state index in [0.29, 0.717) is 24.9 Å². The van der Waals surface area contributed by atoms with Crippen LogP contribution in [0, 0.1) is 17.2 Å². The summed E-state index contributed by atoms with van der Waals surface area (Å²) in [5.41, 5.74) is 0.701. The molecule has 1 aliphatic rings. The number of thioether (sulfide) groups is 1. The average molecular weight is 443 g/mol. The molecule has 0 saturated carbocycles. The molecule has 3 unspecified atom stereocenters. The van der Waals surface area contributed by atoms with Crippen LogP contribution in [0.15, 0.2) is 35.3 Å². The summed E-state index contributed by atoms with van der Waals surface area (Å²) in [5.74, 6) is -1.40. The number of nitrogens with one attached hydrogen (secondary N) is 2. The van der Waals surface area contributed by atoms with Crippen LogP contribution >= 0.6 is 11.8 Å². The van der Waals surface area contributed by atoms with E-state index in [2.05, 4.69) is 10.3 Å². The molecule has 0 bridgehead atoms. The molecule has 1 amide bonds. The number of esters is 1. The molecule has 1 saturated heterocycles. The van der Waals surface area contributed by atoms with Crippen molar-refractivity contribution >= 4 is 40.1 Å². The van der Waals surface area contributed by atoms with E-state index in [9.17, 15) is 19.6 Å². The standard InChI is InChI=1S/C22H26N4O4S/c1-3-26-19(12-14(13-23)22(29)30-4-2)31-18(21(26)28)9-11-24-17-7-5-6-16-15(17)8-10-25-20(16)27/h5-8,10,14,18-19,24H,3-4,9,11-12H2,1-2H3,(H,25,27). The minimum Gasteiger partial charge on any atom is -0.465 e. The molecule has 2 aromatic rings. The quantitative estimate of drug-likeness (QED) is 0.574. The van der Waals surface area contributed by atoms with Crippen LogP contribution in [-0.2, 0) is 14.3 Å². The fraction of sp³-hybridized carbons (Fsp3) is 0.455. The number of anilines is 1. The van der Waals surface area contributed by atoms with Crippen molar-refractivity contribution in [2.45, 2.75) is 37.3 Å². The van der Waals surface area contributed by atoms with Crippen molar-refractivity contribution in [2.24, 2.45) is 5.92 Å². The van der Waals surface area contributed by atoms with Crippen molar-refractivity contribution in [3.8, 4) is 6.07 Å². The third-order valence-corrected chi connectivity index (χ3v) is 6.80. The SMILES string of the molecule is CCOC(=O)C(C#N)CC1SC(CCNc2cccc3c(=O)[nH]ccc23)C(=O)N1CC. The smallest absolute Gasteiger partial charge is 0.323 e. The van der Waals surface area contributed by atoms with Crippen molar-refractivity contribution in [1.29, 1.82) is 5.26 Å². The van der Waals surface area contributed by atoms with Crippen molar-refractivity contribution in [2.75, 3.05) is 25.0 Å². The Labute approximate surface area is 184 Å². The fourth-order valence-corrected chi connectivity index (χ4v) is 5.33. The topological polar surface area (TPSA) is 115 Å². The molecule has 1 aromatic heterocycles. The summed E-state index contributed by atoms with van der Waals surface area (Å²) < 4.78 is 4.98. The van der Waals surface area contributed by atoms with Gasteiger partial charge in [0.15, 0.2) is 0 Å². The van der Waals surface area contributed by atoms with E-state index in [4.69, 9.17) is 4.74 Å². The molecule has 31 heavy (non-hydrogen) atoms. The maximum atomic E-state index is 12.8. The van der Waals surface area contributed by atoms with Gasteiger partial charge in [-0.3, -0.25) is 14.4 Å². The first kappa shape index (κ1) is 22.7. The number of hydrogen-bond acceptors (Lipinski definition) is 7. The van der Waals surface area contributed by atoms with Gasteiger partial charge >= 0.3 is 5.97 Å². The van der Waals surface area contributed by atoms with Gasteiger partial charge in [-0.25, -0.2) is 0 Å². The molecule has 1 fully saturated rings. The highest BCUT2D eigenvalue weighted by atomic mass is 32.2. The van der Waals surface area contributed by atoms with Crippen LogP contribution < -0.4 is 10.9 Å². The number of nitrogens with zero attached hydrogens (tertiary/aromatic N) is 2. The molecule has 9 heteroatoms. The summed E-state index contributed by atoms with van der Waals surface area (Å²) >= 11 is 1.49. The Balaban J connectivity index is 1.63. The largest absolute Gasteiger partial charge is 0.465 e. The molecule has 1 aromatic carbocycles. The van der Waals surface area contributed by atoms with Gasteiger partial charge in [0.05, 0.1) is 23.3 Å². The van der Waals surface area contributed by atoms with Crippen molar-refractivity contribution in [1.82, 2.24) is 9.88 Å². The van der Waals surface area contributed by atoms with Gasteiger partial charge in [-0.1, -0.05) is 6.07 Å². The monoisotopic (exact) mass is 442 g/mol. The van der Waals surface area contributed by atoms with Gasteiger partial charge in [0.25, 0.3) is 5.56 Å². The molecule has 164 valence electrons. The van der Waals surface area contributed by atoms with E-state index >= 15 is 0 Å². The molecule has 2 N–H and O–H groups in total. The van der Waals surface area contributed by atoms with E-state index in [0.717, 1.165) is 11.1 Å². The lowest BCUT2D eigenvalue weighted by Gasteiger charge is -2.23. The first-order valence-electron chi connectivity index (χ1n) is 10.4. The number of carbonyl (C=O) groups is 2. The Morgan fingerprint density at radius 1 is 1.32 bits per heavy atom. The fourth-order valence-electron chi connectivity index (χ4n) is 3.74. The number of H-pyrrole nitrogens is 1. The number of fused-ring (bicyclic) bond motifs is 1. The van der Waals surface area contributed by atoms with Crippen LogP contribution in [0.2, 0.25) is 0 Å². The Hall–Kier alpha value is -2.99. The summed E-state index contributed by atoms with van der Waals surface area (Å²) in [5, 5.41) is 13.6. The molecular weight excluding hydrogens is 416 g/mol. The molecule has 0 radical (unpaired) electrons. The van der Waals surface area contributed by atoms with Gasteiger partial charge in [0.1, 0.15) is 5.92 Å². The van der Waals surface area contributed by atoms with Crippen LogP contribution in [0.25, 0.3) is 10.8 Å². The van der Waals surface area contributed by atoms with Gasteiger partial charge in [0, 0.05) is 42.2 Å². The maximum Gasteiger partial charge on any atom is 0.323 e. The number of amides is 1. The number of ether oxygens (including phenoxy) is 1. The second kappa shape index (κ2) is 10.4. The summed E-state index contributed by atoms with van der Waals surface area (Å²) in [4.78, 5) is 41.2. The van der Waals surface area contributed by atoms with Crippen LogP contribution in [-0.4, -0.2) is 52.1 Å². The Morgan fingerprint density at radius 3 is 2.84 bits per heavy atom. The highest BCUT2D eigenvalue weighted by Crippen LogP contribution is 2.37. The van der Waals surface area contributed by atoms with Crippen LogP contribution in [0.1, 0.15) is 26.7 Å². The number of hydrogen-bond donors (Lipinski definition) is 2. The van der Waals surface area contributed by atoms with E-state index in [1.54, 1.807) is 24.1 Å². The molecule has 8 nitrogen and oxygen atoms in total. The summed E-state index contributed by atoms with van der Waals surface area (Å²) in [6.07, 6.45) is 2.47. The van der Waals surface area contributed by atoms with Gasteiger partial charge in [0.2, 0.25) is 5.91 Å². The van der Waals surface area contributed by atoms with Gasteiger partial charge in [-0.05, 0) is 38.5 Å². The summed E-state index contributed by atoms with van der Waals surface area (Å²) in [6.45, 7) is 4.89. The molecule has 3 rings (SSSR count). The van der Waals surface area contributed by atoms with Gasteiger partial charge in [-0.15, -0.1) is 11.8 Å². The van der Waals surface area contributed by atoms with Crippen molar-refractivity contribution in [3.63, 3.8) is 0 Å². The zero-order chi connectivity index (χ0) is 22.4. The number of carbonyl (C=O) groups excluding carboxylic acids is 2. The highest BCUT2D eigenvalue weighted by Gasteiger charge is 2.41. The first-order chi connectivity index (χ1) is 15.0. The Morgan fingerprint density at radius 2 is 2.13 bits per heavy atom. The summed E-state index contributed by atoms with van der Waals surface area (Å²) in [7, 11) is 0. The first-order valence-corrected chi connectivity index (χ1v) is 11.3. The number of aromatic amines is 1. The number of rotatable bonds is 9. The number of benzene rings is 1. The number of aromatic nitrogens is 1. The van der Waals surface area contributed by atoms with Gasteiger partial charge < -0.3 is 19.9 Å². The second-order valence-corrected chi connectivity index (χ2v) is 8.55. The van der Waals surface area contributed by atoms with Crippen molar-refractivity contribution < 1.29 is 14.3 Å². The zero-order valence-electron chi connectivity index (χ0n) is 17.6. The van der Waals surface area contributed by atoms with Gasteiger partial charge in [-0.2, -0.15) is 5.26 Å². The predicted molar refractivity (Wildman–Crippen MR) is 121 cm³/mol. The number of pyridine rings is 1. The van der Waals surface area contributed by atoms with Crippen LogP contribution in [0.5, 0.6) is 0 Å². The minimum absolute atomic E-state index is 0.0224. The second-order valence-electron chi connectivity index (χ2n) is 7.16. The summed E-state index contributed by atoms with van der Waals surface area (Å²) in [6, 6.07) is 9.36. The van der Waals surface area contributed by atoms with Crippen LogP contribution in [0.4, 0.5) is 5.69 Å². The van der Waals surface area contributed by atoms with Crippen molar-refractivity contribution in [3.05, 3.63) is 40.8 Å². The van der Waals surface area contributed by atoms with E-state index in [1.807, 2.05) is 31.2 Å². The average Bonchev–Trinajstić information content (AvgIpc) is 3.07. The van der Waals surface area contributed by atoms with Crippen LogP contribution in [0.3, 0.4) is 0 Å². The maximum absolute atomic E-state index is 12.8. The molecular formula is C22H26N4O4S. The minimum atomic E-state index is -0.884. The van der Waals surface area contributed by atoms with E-state index < -0.39 is 11.9 Å². The molecule has 0 spiro atoms. The normalized spacial score (nSPS) is 19.3. The lowest BCUT2D eigenvalue weighted by molar-refractivity contribution is -0.146. The highest BCUT2D eigenvalue weighted by molar-refractivity contribution is 8.01. The molecule has 2 heterocycles. The third kappa shape index (κ3) is 5.02. The van der Waals surface area contributed by atoms with E-state index in [1.165, 1.54) is 11.8 Å². The molecule has 0 aliphatic carbocycles.